The van der Waals surface area contributed by atoms with E-state index >= 15 is 0 Å². The first-order valence-electron chi connectivity index (χ1n) is 6.26. The van der Waals surface area contributed by atoms with Crippen LogP contribution in [0.25, 0.3) is 0 Å². The Bertz CT molecular complexity index is 296. The molecule has 0 saturated carbocycles. The second kappa shape index (κ2) is 7.80. The molecule has 0 amide bonds. The van der Waals surface area contributed by atoms with Crippen molar-refractivity contribution in [3.05, 3.63) is 16.1 Å². The molecule has 0 unspecified atom stereocenters. The molecule has 0 spiro atoms. The molecular formula is C13H24NOS+. The van der Waals surface area contributed by atoms with Crippen molar-refractivity contribution in [2.75, 3.05) is 13.2 Å². The predicted octanol–water partition coefficient (Wildman–Crippen LogP) is 3.02. The fraction of sp³-hybridized carbons (Fsp3) is 0.769. The summed E-state index contributed by atoms with van der Waals surface area (Å²) in [6, 6.07) is 0. The first-order chi connectivity index (χ1) is 7.75. The summed E-state index contributed by atoms with van der Waals surface area (Å²) >= 11 is 1.83. The highest BCUT2D eigenvalue weighted by Crippen LogP contribution is 2.11. The van der Waals surface area contributed by atoms with E-state index in [2.05, 4.69) is 31.0 Å². The minimum absolute atomic E-state index is 0.869. The van der Waals surface area contributed by atoms with Gasteiger partial charge in [-0.05, 0) is 6.42 Å². The largest absolute Gasteiger partial charge is 0.381 e. The van der Waals surface area contributed by atoms with E-state index in [4.69, 9.17) is 4.74 Å². The second-order valence-corrected chi connectivity index (χ2v) is 5.21. The second-order valence-electron chi connectivity index (χ2n) is 4.27. The van der Waals surface area contributed by atoms with Crippen LogP contribution in [0.4, 0.5) is 0 Å². The third-order valence-corrected chi connectivity index (χ3v) is 4.11. The van der Waals surface area contributed by atoms with E-state index in [0.29, 0.717) is 0 Å². The number of thiazole rings is 1. The van der Waals surface area contributed by atoms with Crippen molar-refractivity contribution in [2.24, 2.45) is 7.05 Å². The smallest absolute Gasteiger partial charge is 0.224 e. The fourth-order valence-corrected chi connectivity index (χ4v) is 2.60. The Morgan fingerprint density at radius 3 is 2.69 bits per heavy atom. The standard InChI is InChI=1S/C13H24NOS/c1-4-5-6-7-9-15-10-8-13-12(2)14(3)11-16-13/h11H,4-10H2,1-3H3/q+1. The molecule has 0 atom stereocenters. The lowest BCUT2D eigenvalue weighted by Gasteiger charge is -2.02. The van der Waals surface area contributed by atoms with Gasteiger partial charge >= 0.3 is 0 Å². The number of hydrogen-bond acceptors (Lipinski definition) is 2. The van der Waals surface area contributed by atoms with Gasteiger partial charge in [0.25, 0.3) is 0 Å². The van der Waals surface area contributed by atoms with Crippen molar-refractivity contribution in [1.29, 1.82) is 0 Å². The molecule has 1 heterocycles. The number of aryl methyl sites for hydroxylation is 1. The summed E-state index contributed by atoms with van der Waals surface area (Å²) in [5.74, 6) is 0. The van der Waals surface area contributed by atoms with Crippen molar-refractivity contribution in [1.82, 2.24) is 0 Å². The van der Waals surface area contributed by atoms with Gasteiger partial charge in [-0.3, -0.25) is 0 Å². The van der Waals surface area contributed by atoms with Crippen LogP contribution >= 0.6 is 11.3 Å². The van der Waals surface area contributed by atoms with Crippen molar-refractivity contribution in [3.63, 3.8) is 0 Å². The van der Waals surface area contributed by atoms with Crippen molar-refractivity contribution in [3.8, 4) is 0 Å². The minimum atomic E-state index is 0.869. The lowest BCUT2D eigenvalue weighted by Crippen LogP contribution is -2.28. The summed E-state index contributed by atoms with van der Waals surface area (Å²) in [5, 5.41) is 0. The summed E-state index contributed by atoms with van der Waals surface area (Å²) in [7, 11) is 2.10. The molecule has 0 bridgehead atoms. The van der Waals surface area contributed by atoms with Gasteiger partial charge in [-0.25, -0.2) is 0 Å². The van der Waals surface area contributed by atoms with Gasteiger partial charge in [0.15, 0.2) is 5.69 Å². The van der Waals surface area contributed by atoms with Crippen LogP contribution in [0.15, 0.2) is 5.51 Å². The SMILES string of the molecule is CCCCCCOCCc1sc[n+](C)c1C. The van der Waals surface area contributed by atoms with Gasteiger partial charge in [0.2, 0.25) is 5.51 Å². The quantitative estimate of drug-likeness (QED) is 0.504. The van der Waals surface area contributed by atoms with E-state index in [1.165, 1.54) is 36.3 Å². The molecule has 92 valence electrons. The molecule has 2 nitrogen and oxygen atoms in total. The number of ether oxygens (including phenoxy) is 1. The highest BCUT2D eigenvalue weighted by Gasteiger charge is 2.10. The average Bonchev–Trinajstić information content (AvgIpc) is 2.59. The molecule has 0 radical (unpaired) electrons. The zero-order valence-corrected chi connectivity index (χ0v) is 11.6. The number of unbranched alkanes of at least 4 members (excludes halogenated alkanes) is 3. The summed E-state index contributed by atoms with van der Waals surface area (Å²) in [4.78, 5) is 1.45. The Morgan fingerprint density at radius 2 is 2.06 bits per heavy atom. The van der Waals surface area contributed by atoms with Crippen LogP contribution in [-0.2, 0) is 18.2 Å². The molecule has 0 aliphatic rings. The van der Waals surface area contributed by atoms with Gasteiger partial charge in [0.1, 0.15) is 7.05 Å². The molecule has 0 aliphatic heterocycles. The summed E-state index contributed by atoms with van der Waals surface area (Å²) in [5.41, 5.74) is 3.53. The molecule has 0 saturated heterocycles. The lowest BCUT2D eigenvalue weighted by molar-refractivity contribution is -0.673. The van der Waals surface area contributed by atoms with Crippen LogP contribution in [0, 0.1) is 6.92 Å². The van der Waals surface area contributed by atoms with Crippen LogP contribution in [-0.4, -0.2) is 13.2 Å². The van der Waals surface area contributed by atoms with E-state index in [1.807, 2.05) is 11.3 Å². The predicted molar refractivity (Wildman–Crippen MR) is 68.9 cm³/mol. The fourth-order valence-electron chi connectivity index (χ4n) is 1.64. The van der Waals surface area contributed by atoms with E-state index in [9.17, 15) is 0 Å². The average molecular weight is 242 g/mol. The van der Waals surface area contributed by atoms with Gasteiger partial charge in [-0.1, -0.05) is 37.5 Å². The maximum Gasteiger partial charge on any atom is 0.224 e. The zero-order chi connectivity index (χ0) is 11.8. The summed E-state index contributed by atoms with van der Waals surface area (Å²) in [6.07, 6.45) is 6.22. The molecular weight excluding hydrogens is 218 g/mol. The van der Waals surface area contributed by atoms with E-state index in [1.54, 1.807) is 0 Å². The monoisotopic (exact) mass is 242 g/mol. The number of rotatable bonds is 8. The molecule has 0 aliphatic carbocycles. The Balaban J connectivity index is 2.05. The summed E-state index contributed by atoms with van der Waals surface area (Å²) < 4.78 is 7.83. The van der Waals surface area contributed by atoms with Gasteiger partial charge in [-0.2, -0.15) is 4.57 Å². The Morgan fingerprint density at radius 1 is 1.25 bits per heavy atom. The highest BCUT2D eigenvalue weighted by molar-refractivity contribution is 7.09. The Kier molecular flexibility index (Phi) is 6.65. The van der Waals surface area contributed by atoms with Crippen LogP contribution in [0.2, 0.25) is 0 Å². The number of aromatic nitrogens is 1. The molecule has 16 heavy (non-hydrogen) atoms. The maximum absolute atomic E-state index is 5.65. The van der Waals surface area contributed by atoms with Gasteiger partial charge < -0.3 is 4.74 Å². The van der Waals surface area contributed by atoms with E-state index in [0.717, 1.165) is 19.6 Å². The topological polar surface area (TPSA) is 13.1 Å². The van der Waals surface area contributed by atoms with Crippen LogP contribution in [0.3, 0.4) is 0 Å². The third-order valence-electron chi connectivity index (χ3n) is 2.90. The first-order valence-corrected chi connectivity index (χ1v) is 7.14. The molecule has 1 aromatic rings. The zero-order valence-electron chi connectivity index (χ0n) is 10.8. The van der Waals surface area contributed by atoms with Crippen molar-refractivity contribution >= 4 is 11.3 Å². The normalized spacial score (nSPS) is 10.9. The first kappa shape index (κ1) is 13.7. The van der Waals surface area contributed by atoms with Crippen molar-refractivity contribution < 1.29 is 9.30 Å². The van der Waals surface area contributed by atoms with Crippen molar-refractivity contribution in [2.45, 2.75) is 46.0 Å². The molecule has 0 fully saturated rings. The van der Waals surface area contributed by atoms with Crippen LogP contribution in [0.1, 0.15) is 43.2 Å². The van der Waals surface area contributed by atoms with E-state index in [-0.39, 0.29) is 0 Å². The Labute approximate surface area is 103 Å². The van der Waals surface area contributed by atoms with Crippen LogP contribution in [0.5, 0.6) is 0 Å². The van der Waals surface area contributed by atoms with Gasteiger partial charge in [0, 0.05) is 20.0 Å². The molecule has 1 aromatic heterocycles. The minimum Gasteiger partial charge on any atom is -0.381 e. The molecule has 1 rings (SSSR count). The summed E-state index contributed by atoms with van der Waals surface area (Å²) in [6.45, 7) is 6.21. The van der Waals surface area contributed by atoms with Gasteiger partial charge in [0.05, 0.1) is 11.5 Å². The Hall–Kier alpha value is -0.410. The molecule has 3 heteroatoms. The molecule has 0 aromatic carbocycles. The van der Waals surface area contributed by atoms with Gasteiger partial charge in [-0.15, -0.1) is 0 Å². The maximum atomic E-state index is 5.65. The van der Waals surface area contributed by atoms with E-state index < -0.39 is 0 Å². The number of hydrogen-bond donors (Lipinski definition) is 0. The van der Waals surface area contributed by atoms with Crippen LogP contribution < -0.4 is 4.57 Å². The number of nitrogens with zero attached hydrogens (tertiary/aromatic N) is 1. The highest BCUT2D eigenvalue weighted by atomic mass is 32.1. The molecule has 0 N–H and O–H groups in total. The third kappa shape index (κ3) is 4.62. The lowest BCUT2D eigenvalue weighted by atomic mass is 10.2.